The molecule has 4 N–H and O–H groups in total. The lowest BCUT2D eigenvalue weighted by Gasteiger charge is -2.26. The average Bonchev–Trinajstić information content (AvgIpc) is 3.42. The van der Waals surface area contributed by atoms with Gasteiger partial charge in [0.25, 0.3) is 5.91 Å². The Hall–Kier alpha value is -4.94. The van der Waals surface area contributed by atoms with Crippen LogP contribution in [-0.4, -0.2) is 90.8 Å². The van der Waals surface area contributed by atoms with Gasteiger partial charge in [-0.05, 0) is 44.6 Å². The van der Waals surface area contributed by atoms with E-state index in [-0.39, 0.29) is 30.9 Å². The summed E-state index contributed by atoms with van der Waals surface area (Å²) in [7, 11) is 7.52. The summed E-state index contributed by atoms with van der Waals surface area (Å²) in [5.41, 5.74) is 5.82. The van der Waals surface area contributed by atoms with Crippen LogP contribution in [0.15, 0.2) is 55.4 Å². The van der Waals surface area contributed by atoms with Gasteiger partial charge >= 0.3 is 0 Å². The van der Waals surface area contributed by atoms with Crippen molar-refractivity contribution in [2.75, 3.05) is 70.0 Å². The summed E-state index contributed by atoms with van der Waals surface area (Å²) < 4.78 is 7.98. The number of amides is 2. The van der Waals surface area contributed by atoms with Crippen LogP contribution in [0.25, 0.3) is 22.2 Å². The summed E-state index contributed by atoms with van der Waals surface area (Å²) in [6.07, 6.45) is 6.78. The van der Waals surface area contributed by atoms with Crippen molar-refractivity contribution < 1.29 is 19.4 Å². The van der Waals surface area contributed by atoms with Gasteiger partial charge in [0, 0.05) is 62.6 Å². The Morgan fingerprint density at radius 1 is 1.18 bits per heavy atom. The molecule has 12 heteroatoms. The molecule has 0 unspecified atom stereocenters. The fourth-order valence-electron chi connectivity index (χ4n) is 5.55. The van der Waals surface area contributed by atoms with Crippen molar-refractivity contribution in [2.45, 2.75) is 19.4 Å². The number of carbonyl (C=O) groups is 2. The molecule has 0 saturated carbocycles. The van der Waals surface area contributed by atoms with Crippen LogP contribution < -0.4 is 25.6 Å². The van der Waals surface area contributed by atoms with Gasteiger partial charge in [0.05, 0.1) is 47.6 Å². The number of hydrogen-bond acceptors (Lipinski definition) is 9. The predicted octanol–water partition coefficient (Wildman–Crippen LogP) is 3.64. The van der Waals surface area contributed by atoms with Crippen LogP contribution in [0.1, 0.15) is 22.3 Å². The summed E-state index contributed by atoms with van der Waals surface area (Å²) in [5.74, 6) is 0.0249. The van der Waals surface area contributed by atoms with Crippen LogP contribution in [0, 0.1) is 0 Å². The highest BCUT2D eigenvalue weighted by Crippen LogP contribution is 2.39. The molecule has 2 aromatic heterocycles. The Morgan fingerprint density at radius 3 is 2.73 bits per heavy atom. The lowest BCUT2D eigenvalue weighted by Crippen LogP contribution is -2.29. The van der Waals surface area contributed by atoms with Crippen molar-refractivity contribution in [3.8, 4) is 17.0 Å². The van der Waals surface area contributed by atoms with Crippen molar-refractivity contribution in [2.24, 2.45) is 0 Å². The molecule has 45 heavy (non-hydrogen) atoms. The van der Waals surface area contributed by atoms with Gasteiger partial charge < -0.3 is 40.2 Å². The van der Waals surface area contributed by atoms with Gasteiger partial charge in [-0.2, -0.15) is 0 Å². The second-order valence-corrected chi connectivity index (χ2v) is 11.2. The van der Waals surface area contributed by atoms with Gasteiger partial charge in [-0.25, -0.2) is 9.97 Å². The first kappa shape index (κ1) is 31.5. The van der Waals surface area contributed by atoms with Crippen LogP contribution in [0.3, 0.4) is 0 Å². The van der Waals surface area contributed by atoms with Crippen molar-refractivity contribution in [1.29, 1.82) is 0 Å². The number of aryl methyl sites for hydroxylation is 2. The van der Waals surface area contributed by atoms with Crippen LogP contribution in [0.2, 0.25) is 0 Å². The van der Waals surface area contributed by atoms with Crippen molar-refractivity contribution in [3.63, 3.8) is 0 Å². The molecule has 0 aliphatic carbocycles. The van der Waals surface area contributed by atoms with E-state index in [0.29, 0.717) is 34.9 Å². The van der Waals surface area contributed by atoms with Crippen LogP contribution >= 0.6 is 0 Å². The Bertz CT molecular complexity index is 1730. The van der Waals surface area contributed by atoms with Gasteiger partial charge in [-0.1, -0.05) is 24.8 Å². The topological polar surface area (TPSA) is 137 Å². The quantitative estimate of drug-likeness (QED) is 0.167. The second kappa shape index (κ2) is 13.8. The minimum atomic E-state index is -0.380. The van der Waals surface area contributed by atoms with E-state index in [1.807, 2.05) is 50.4 Å². The molecule has 0 atom stereocenters. The molecule has 0 spiro atoms. The molecular formula is C33H40N8O4. The van der Waals surface area contributed by atoms with Gasteiger partial charge in [0.15, 0.2) is 0 Å². The molecule has 1 aliphatic heterocycles. The van der Waals surface area contributed by atoms with E-state index in [0.717, 1.165) is 48.1 Å². The number of benzene rings is 2. The number of rotatable bonds is 13. The molecule has 0 saturated heterocycles. The third kappa shape index (κ3) is 6.76. The number of nitrogens with one attached hydrogen (secondary N) is 3. The number of likely N-dealkylation sites (N-methyl/N-ethyl adjacent to an activating group) is 2. The molecule has 2 aromatic carbocycles. The summed E-state index contributed by atoms with van der Waals surface area (Å²) >= 11 is 0. The average molecular weight is 613 g/mol. The second-order valence-electron chi connectivity index (χ2n) is 11.2. The number of aromatic nitrogens is 3. The Balaban J connectivity index is 1.59. The lowest BCUT2D eigenvalue weighted by atomic mass is 10.0. The maximum Gasteiger partial charge on any atom is 0.255 e. The zero-order chi connectivity index (χ0) is 32.1. The zero-order valence-corrected chi connectivity index (χ0v) is 26.2. The van der Waals surface area contributed by atoms with E-state index < -0.39 is 0 Å². The first-order valence-corrected chi connectivity index (χ1v) is 14.9. The maximum absolute atomic E-state index is 13.2. The zero-order valence-electron chi connectivity index (χ0n) is 26.2. The monoisotopic (exact) mass is 612 g/mol. The Kier molecular flexibility index (Phi) is 9.65. The molecule has 0 radical (unpaired) electrons. The summed E-state index contributed by atoms with van der Waals surface area (Å²) in [6, 6.07) is 9.83. The molecule has 1 aliphatic rings. The number of para-hydroxylation sites is 1. The molecule has 5 rings (SSSR count). The third-order valence-electron chi connectivity index (χ3n) is 7.81. The fraction of sp³-hybridized carbons (Fsp3) is 0.333. The first-order chi connectivity index (χ1) is 21.7. The molecule has 4 aromatic rings. The maximum atomic E-state index is 13.2. The normalized spacial score (nSPS) is 12.2. The van der Waals surface area contributed by atoms with Gasteiger partial charge in [0.2, 0.25) is 11.9 Å². The van der Waals surface area contributed by atoms with E-state index in [1.165, 1.54) is 17.8 Å². The standard InChI is InChI=1S/C33H40N8O4/c1-6-29(43)36-25-17-26(28(45-5)18-27(25)40(4)15-14-39(2)3)37-33-35-19-23(32(44)34-12-16-42)30(38-33)24-20-41-13-8-10-21-9-7-11-22(24)31(21)41/h6-7,9,11,17-20,42H,1,8,10,12-16H2,2-5H3,(H,34,44)(H,36,43)(H,35,37,38). The van der Waals surface area contributed by atoms with E-state index >= 15 is 0 Å². The Morgan fingerprint density at radius 2 is 2.00 bits per heavy atom. The number of nitrogens with zero attached hydrogens (tertiary/aromatic N) is 5. The molecule has 0 fully saturated rings. The number of ether oxygens (including phenoxy) is 1. The van der Waals surface area contributed by atoms with Crippen molar-refractivity contribution in [1.82, 2.24) is 24.8 Å². The first-order valence-electron chi connectivity index (χ1n) is 14.9. The third-order valence-corrected chi connectivity index (χ3v) is 7.81. The molecular weight excluding hydrogens is 572 g/mol. The van der Waals surface area contributed by atoms with Gasteiger partial charge in [-0.3, -0.25) is 9.59 Å². The predicted molar refractivity (Wildman–Crippen MR) is 178 cm³/mol. The van der Waals surface area contributed by atoms with Crippen molar-refractivity contribution in [3.05, 3.63) is 66.5 Å². The fourth-order valence-corrected chi connectivity index (χ4v) is 5.55. The molecule has 236 valence electrons. The molecule has 2 amide bonds. The number of aliphatic hydroxyl groups excluding tert-OH is 1. The van der Waals surface area contributed by atoms with E-state index in [9.17, 15) is 14.7 Å². The van der Waals surface area contributed by atoms with E-state index in [4.69, 9.17) is 9.72 Å². The van der Waals surface area contributed by atoms with Gasteiger partial charge in [0.1, 0.15) is 5.75 Å². The largest absolute Gasteiger partial charge is 0.494 e. The highest BCUT2D eigenvalue weighted by molar-refractivity contribution is 6.06. The summed E-state index contributed by atoms with van der Waals surface area (Å²) in [5, 5.41) is 19.2. The molecule has 0 bridgehead atoms. The van der Waals surface area contributed by atoms with Crippen LogP contribution in [0.5, 0.6) is 5.75 Å². The van der Waals surface area contributed by atoms with Crippen molar-refractivity contribution >= 4 is 45.7 Å². The minimum Gasteiger partial charge on any atom is -0.494 e. The summed E-state index contributed by atoms with van der Waals surface area (Å²) in [6.45, 7) is 5.91. The number of aliphatic hydroxyl groups is 1. The van der Waals surface area contributed by atoms with E-state index in [1.54, 1.807) is 13.2 Å². The highest BCUT2D eigenvalue weighted by atomic mass is 16.5. The SMILES string of the molecule is C=CC(=O)Nc1cc(Nc2ncc(C(=O)NCCO)c(-c3cn4c5c(cccc35)CCC4)n2)c(OC)cc1N(C)CCN(C)C. The highest BCUT2D eigenvalue weighted by Gasteiger charge is 2.23. The summed E-state index contributed by atoms with van der Waals surface area (Å²) in [4.78, 5) is 39.1. The van der Waals surface area contributed by atoms with Crippen LogP contribution in [0.4, 0.5) is 23.0 Å². The minimum absolute atomic E-state index is 0.107. The van der Waals surface area contributed by atoms with Gasteiger partial charge in [-0.15, -0.1) is 0 Å². The molecule has 3 heterocycles. The number of methoxy groups -OCH3 is 1. The number of anilines is 4. The van der Waals surface area contributed by atoms with E-state index in [2.05, 4.69) is 43.0 Å². The number of hydrogen-bond donors (Lipinski definition) is 4. The lowest BCUT2D eigenvalue weighted by molar-refractivity contribution is -0.111. The van der Waals surface area contributed by atoms with Crippen LogP contribution in [-0.2, 0) is 17.8 Å². The molecule has 12 nitrogen and oxygen atoms in total. The number of carbonyl (C=O) groups excluding carboxylic acids is 2. The Labute approximate surface area is 262 Å². The smallest absolute Gasteiger partial charge is 0.255 e.